The highest BCUT2D eigenvalue weighted by Crippen LogP contribution is 2.13. The molecular weight excluding hydrogens is 368 g/mol. The van der Waals surface area contributed by atoms with Crippen molar-refractivity contribution < 1.29 is 22.7 Å². The Bertz CT molecular complexity index is 901. The van der Waals surface area contributed by atoms with Crippen molar-refractivity contribution in [1.29, 1.82) is 5.26 Å². The van der Waals surface area contributed by atoms with E-state index in [-0.39, 0.29) is 36.6 Å². The third-order valence-corrected chi connectivity index (χ3v) is 5.01. The zero-order valence-corrected chi connectivity index (χ0v) is 15.7. The Labute approximate surface area is 158 Å². The number of sulfonamides is 1. The maximum absolute atomic E-state index is 12.0. The van der Waals surface area contributed by atoms with Crippen molar-refractivity contribution in [1.82, 2.24) is 4.72 Å². The van der Waals surface area contributed by atoms with Gasteiger partial charge in [0.2, 0.25) is 10.0 Å². The highest BCUT2D eigenvalue weighted by molar-refractivity contribution is 7.89. The number of hydrogen-bond donors (Lipinski definition) is 1. The summed E-state index contributed by atoms with van der Waals surface area (Å²) in [4.78, 5) is 12.0. The summed E-state index contributed by atoms with van der Waals surface area (Å²) in [6, 6.07) is 14.7. The van der Waals surface area contributed by atoms with E-state index < -0.39 is 16.0 Å². The van der Waals surface area contributed by atoms with Crippen LogP contribution < -0.4 is 9.46 Å². The molecule has 0 atom stereocenters. The quantitative estimate of drug-likeness (QED) is 0.522. The number of nitrogens with one attached hydrogen (secondary N) is 1. The second-order valence-corrected chi connectivity index (χ2v) is 7.39. The molecule has 0 amide bonds. The van der Waals surface area contributed by atoms with Crippen LogP contribution in [0, 0.1) is 18.3 Å². The molecule has 1 N–H and O–H groups in total. The Morgan fingerprint density at radius 3 is 2.37 bits per heavy atom. The predicted octanol–water partition coefficient (Wildman–Crippen LogP) is 2.42. The zero-order valence-electron chi connectivity index (χ0n) is 14.8. The molecule has 2 aromatic rings. The van der Waals surface area contributed by atoms with Crippen LogP contribution in [0.2, 0.25) is 0 Å². The lowest BCUT2D eigenvalue weighted by Crippen LogP contribution is -2.24. The van der Waals surface area contributed by atoms with Crippen molar-refractivity contribution in [3.05, 3.63) is 59.7 Å². The summed E-state index contributed by atoms with van der Waals surface area (Å²) in [5, 5.41) is 8.45. The van der Waals surface area contributed by atoms with E-state index in [0.717, 1.165) is 5.56 Å². The first-order chi connectivity index (χ1) is 12.9. The minimum atomic E-state index is -3.70. The highest BCUT2D eigenvalue weighted by Gasteiger charge is 2.15. The van der Waals surface area contributed by atoms with E-state index in [9.17, 15) is 13.2 Å². The van der Waals surface area contributed by atoms with E-state index >= 15 is 0 Å². The van der Waals surface area contributed by atoms with Gasteiger partial charge in [0.05, 0.1) is 16.5 Å². The van der Waals surface area contributed by atoms with Crippen LogP contribution in [0.1, 0.15) is 22.3 Å². The van der Waals surface area contributed by atoms with Gasteiger partial charge in [-0.2, -0.15) is 5.26 Å². The van der Waals surface area contributed by atoms with E-state index in [1.54, 1.807) is 0 Å². The van der Waals surface area contributed by atoms with E-state index in [4.69, 9.17) is 14.7 Å². The van der Waals surface area contributed by atoms with E-state index in [1.165, 1.54) is 24.3 Å². The van der Waals surface area contributed by atoms with E-state index in [0.29, 0.717) is 5.75 Å². The topological polar surface area (TPSA) is 105 Å². The standard InChI is InChI=1S/C19H20N2O5S/c1-15-3-7-17(8-4-15)25-13-14-26-19(22)16-5-9-18(10-6-16)27(23,24)21-12-2-11-20/h3-10,21H,2,12-14H2,1H3. The van der Waals surface area contributed by atoms with Gasteiger partial charge in [-0.15, -0.1) is 0 Å². The molecule has 0 aliphatic carbocycles. The fraction of sp³-hybridized carbons (Fsp3) is 0.263. The molecule has 27 heavy (non-hydrogen) atoms. The van der Waals surface area contributed by atoms with E-state index in [2.05, 4.69) is 4.72 Å². The van der Waals surface area contributed by atoms with Gasteiger partial charge < -0.3 is 9.47 Å². The Morgan fingerprint density at radius 2 is 1.74 bits per heavy atom. The molecule has 0 spiro atoms. The molecule has 142 valence electrons. The molecule has 0 fully saturated rings. The van der Waals surface area contributed by atoms with Crippen LogP contribution in [0.25, 0.3) is 0 Å². The van der Waals surface area contributed by atoms with Crippen LogP contribution in [0.4, 0.5) is 0 Å². The smallest absolute Gasteiger partial charge is 0.338 e. The summed E-state index contributed by atoms with van der Waals surface area (Å²) in [6.07, 6.45) is 0.0777. The normalized spacial score (nSPS) is 10.8. The second kappa shape index (κ2) is 9.71. The lowest BCUT2D eigenvalue weighted by molar-refractivity contribution is 0.0450. The molecule has 0 aliphatic rings. The molecule has 7 nitrogen and oxygen atoms in total. The van der Waals surface area contributed by atoms with Crippen molar-refractivity contribution in [3.8, 4) is 11.8 Å². The number of nitrogens with zero attached hydrogens (tertiary/aromatic N) is 1. The fourth-order valence-corrected chi connectivity index (χ4v) is 3.14. The molecule has 0 saturated heterocycles. The van der Waals surface area contributed by atoms with Gasteiger partial charge >= 0.3 is 5.97 Å². The lowest BCUT2D eigenvalue weighted by atomic mass is 10.2. The molecule has 0 heterocycles. The summed E-state index contributed by atoms with van der Waals surface area (Å²) < 4.78 is 36.9. The van der Waals surface area contributed by atoms with Crippen LogP contribution in [-0.4, -0.2) is 34.1 Å². The highest BCUT2D eigenvalue weighted by atomic mass is 32.2. The SMILES string of the molecule is Cc1ccc(OCCOC(=O)c2ccc(S(=O)(=O)NCCC#N)cc2)cc1. The Morgan fingerprint density at radius 1 is 1.07 bits per heavy atom. The van der Waals surface area contributed by atoms with Crippen LogP contribution in [0.3, 0.4) is 0 Å². The monoisotopic (exact) mass is 388 g/mol. The molecular formula is C19H20N2O5S. The minimum absolute atomic E-state index is 0.0136. The predicted molar refractivity (Wildman–Crippen MR) is 98.8 cm³/mol. The van der Waals surface area contributed by atoms with Gasteiger partial charge in [-0.25, -0.2) is 17.9 Å². The first-order valence-corrected chi connectivity index (χ1v) is 9.74. The first-order valence-electron chi connectivity index (χ1n) is 8.25. The third kappa shape index (κ3) is 6.40. The molecule has 2 aromatic carbocycles. The number of carbonyl (C=O) groups is 1. The third-order valence-electron chi connectivity index (χ3n) is 3.54. The number of ether oxygens (including phenoxy) is 2. The first kappa shape index (κ1) is 20.4. The largest absolute Gasteiger partial charge is 0.490 e. The summed E-state index contributed by atoms with van der Waals surface area (Å²) in [7, 11) is -3.70. The minimum Gasteiger partial charge on any atom is -0.490 e. The van der Waals surface area contributed by atoms with Crippen LogP contribution in [-0.2, 0) is 14.8 Å². The van der Waals surface area contributed by atoms with Gasteiger partial charge in [-0.1, -0.05) is 17.7 Å². The van der Waals surface area contributed by atoms with Gasteiger partial charge in [0.15, 0.2) is 0 Å². The van der Waals surface area contributed by atoms with Crippen molar-refractivity contribution in [2.24, 2.45) is 0 Å². The zero-order chi connectivity index (χ0) is 19.7. The molecule has 8 heteroatoms. The van der Waals surface area contributed by atoms with Gasteiger partial charge in [0.25, 0.3) is 0 Å². The van der Waals surface area contributed by atoms with Gasteiger partial charge in [-0.3, -0.25) is 0 Å². The number of rotatable bonds is 9. The Balaban J connectivity index is 1.82. The summed E-state index contributed by atoms with van der Waals surface area (Å²) in [6.45, 7) is 2.29. The average Bonchev–Trinajstić information content (AvgIpc) is 2.66. The number of aryl methyl sites for hydroxylation is 1. The molecule has 0 aliphatic heterocycles. The Hall–Kier alpha value is -2.89. The number of esters is 1. The summed E-state index contributed by atoms with van der Waals surface area (Å²) in [5.41, 5.74) is 1.36. The molecule has 2 rings (SSSR count). The van der Waals surface area contributed by atoms with Crippen LogP contribution in [0.5, 0.6) is 5.75 Å². The van der Waals surface area contributed by atoms with Crippen LogP contribution in [0.15, 0.2) is 53.4 Å². The van der Waals surface area contributed by atoms with Crippen LogP contribution >= 0.6 is 0 Å². The van der Waals surface area contributed by atoms with Gasteiger partial charge in [0.1, 0.15) is 19.0 Å². The van der Waals surface area contributed by atoms with Crippen molar-refractivity contribution in [3.63, 3.8) is 0 Å². The molecule has 0 unspecified atom stereocenters. The van der Waals surface area contributed by atoms with Gasteiger partial charge in [0, 0.05) is 13.0 Å². The lowest BCUT2D eigenvalue weighted by Gasteiger charge is -2.08. The maximum atomic E-state index is 12.0. The Kier molecular flexibility index (Phi) is 7.34. The van der Waals surface area contributed by atoms with Crippen molar-refractivity contribution >= 4 is 16.0 Å². The number of carbonyl (C=O) groups excluding carboxylic acids is 1. The van der Waals surface area contributed by atoms with Gasteiger partial charge in [-0.05, 0) is 43.3 Å². The fourth-order valence-electron chi connectivity index (χ4n) is 2.11. The molecule has 0 bridgehead atoms. The average molecular weight is 388 g/mol. The summed E-state index contributed by atoms with van der Waals surface area (Å²) in [5.74, 6) is 0.124. The van der Waals surface area contributed by atoms with E-state index in [1.807, 2.05) is 37.3 Å². The van der Waals surface area contributed by atoms with Crippen molar-refractivity contribution in [2.45, 2.75) is 18.2 Å². The molecule has 0 saturated carbocycles. The molecule has 0 radical (unpaired) electrons. The maximum Gasteiger partial charge on any atom is 0.338 e. The number of nitriles is 1. The molecule has 0 aromatic heterocycles. The number of benzene rings is 2. The number of hydrogen-bond acceptors (Lipinski definition) is 6. The van der Waals surface area contributed by atoms with Crippen molar-refractivity contribution in [2.75, 3.05) is 19.8 Å². The summed E-state index contributed by atoms with van der Waals surface area (Å²) >= 11 is 0. The second-order valence-electron chi connectivity index (χ2n) is 5.63.